The van der Waals surface area contributed by atoms with E-state index in [4.69, 9.17) is 11.5 Å². The van der Waals surface area contributed by atoms with Gasteiger partial charge in [0.15, 0.2) is 5.82 Å². The number of aromatic nitrogens is 4. The number of hydrogen-bond acceptors (Lipinski definition) is 6. The van der Waals surface area contributed by atoms with Crippen molar-refractivity contribution in [2.45, 2.75) is 44.8 Å². The fourth-order valence-corrected chi connectivity index (χ4v) is 3.41. The molecule has 1 amide bonds. The Labute approximate surface area is 200 Å². The highest BCUT2D eigenvalue weighted by atomic mass is 35.5. The third-order valence-electron chi connectivity index (χ3n) is 5.24. The number of rotatable bonds is 9. The number of carbonyl (C=O) groups excluding carboxylic acids is 1. The summed E-state index contributed by atoms with van der Waals surface area (Å²) in [5, 5.41) is 7.47. The minimum atomic E-state index is -0.338. The number of amides is 1. The van der Waals surface area contributed by atoms with Crippen LogP contribution >= 0.6 is 24.8 Å². The lowest BCUT2D eigenvalue weighted by Gasteiger charge is -2.13. The number of nitrogen functional groups attached to an aromatic ring is 1. The van der Waals surface area contributed by atoms with E-state index in [9.17, 15) is 4.79 Å². The van der Waals surface area contributed by atoms with Crippen LogP contribution in [0.5, 0.6) is 0 Å². The summed E-state index contributed by atoms with van der Waals surface area (Å²) in [7, 11) is 0. The number of hydrogen-bond donors (Lipinski definition) is 3. The lowest BCUT2D eigenvalue weighted by molar-refractivity contribution is -0.122. The van der Waals surface area contributed by atoms with Gasteiger partial charge in [-0.2, -0.15) is 5.10 Å². The van der Waals surface area contributed by atoms with E-state index in [1.54, 1.807) is 16.9 Å². The van der Waals surface area contributed by atoms with Gasteiger partial charge < -0.3 is 16.8 Å². The summed E-state index contributed by atoms with van der Waals surface area (Å²) < 4.78 is 1.65. The van der Waals surface area contributed by atoms with Crippen molar-refractivity contribution < 1.29 is 4.79 Å². The van der Waals surface area contributed by atoms with Crippen molar-refractivity contribution in [3.8, 4) is 0 Å². The molecule has 0 radical (unpaired) electrons. The molecule has 0 spiro atoms. The monoisotopic (exact) mass is 477 g/mol. The van der Waals surface area contributed by atoms with Crippen molar-refractivity contribution in [2.75, 3.05) is 5.73 Å². The Morgan fingerprint density at radius 3 is 2.59 bits per heavy atom. The third kappa shape index (κ3) is 6.91. The maximum Gasteiger partial charge on any atom is 0.242 e. The number of nitrogens with zero attached hydrogens (tertiary/aromatic N) is 4. The average molecular weight is 478 g/mol. The van der Waals surface area contributed by atoms with Crippen molar-refractivity contribution in [3.05, 3.63) is 71.4 Å². The molecule has 1 saturated carbocycles. The zero-order valence-electron chi connectivity index (χ0n) is 17.7. The van der Waals surface area contributed by atoms with Crippen LogP contribution in [-0.4, -0.2) is 25.7 Å². The number of benzene rings is 1. The van der Waals surface area contributed by atoms with E-state index in [1.807, 2.05) is 36.4 Å². The molecule has 1 aromatic carbocycles. The predicted molar refractivity (Wildman–Crippen MR) is 129 cm³/mol. The summed E-state index contributed by atoms with van der Waals surface area (Å²) in [5.74, 6) is 2.30. The van der Waals surface area contributed by atoms with Crippen LogP contribution in [0.15, 0.2) is 48.7 Å². The number of nitrogens with two attached hydrogens (primary N) is 2. The van der Waals surface area contributed by atoms with Crippen LogP contribution in [0.3, 0.4) is 0 Å². The molecule has 1 fully saturated rings. The van der Waals surface area contributed by atoms with Gasteiger partial charge in [-0.05, 0) is 36.8 Å². The summed E-state index contributed by atoms with van der Waals surface area (Å²) in [5.41, 5.74) is 14.2. The molecule has 1 aliphatic rings. The Morgan fingerprint density at radius 1 is 1.16 bits per heavy atom. The van der Waals surface area contributed by atoms with Crippen molar-refractivity contribution in [1.29, 1.82) is 0 Å². The van der Waals surface area contributed by atoms with E-state index in [2.05, 4.69) is 20.4 Å². The zero-order chi connectivity index (χ0) is 20.9. The zero-order valence-corrected chi connectivity index (χ0v) is 19.3. The first-order chi connectivity index (χ1) is 14.6. The highest BCUT2D eigenvalue weighted by Gasteiger charge is 2.26. The molecule has 0 bridgehead atoms. The molecule has 2 heterocycles. The van der Waals surface area contributed by atoms with Crippen molar-refractivity contribution in [2.24, 2.45) is 11.7 Å². The molecule has 1 aliphatic carbocycles. The number of pyridine rings is 1. The molecule has 32 heavy (non-hydrogen) atoms. The molecule has 2 aromatic heterocycles. The minimum absolute atomic E-state index is 0. The number of anilines is 1. The molecule has 4 rings (SSSR count). The third-order valence-corrected chi connectivity index (χ3v) is 5.24. The summed E-state index contributed by atoms with van der Waals surface area (Å²) >= 11 is 0. The second kappa shape index (κ2) is 11.8. The van der Waals surface area contributed by atoms with Crippen LogP contribution in [0.4, 0.5) is 5.82 Å². The minimum Gasteiger partial charge on any atom is -0.383 e. The Balaban J connectivity index is 0.00000181. The van der Waals surface area contributed by atoms with Crippen molar-refractivity contribution in [3.63, 3.8) is 0 Å². The fourth-order valence-electron chi connectivity index (χ4n) is 3.41. The Bertz CT molecular complexity index is 1010. The average Bonchev–Trinajstić information content (AvgIpc) is 3.46. The largest absolute Gasteiger partial charge is 0.383 e. The first kappa shape index (κ1) is 25.6. The van der Waals surface area contributed by atoms with Crippen LogP contribution < -0.4 is 16.8 Å². The van der Waals surface area contributed by atoms with Gasteiger partial charge in [-0.3, -0.25) is 4.79 Å². The molecular formula is C22H29Cl2N7O. The molecule has 3 aromatic rings. The van der Waals surface area contributed by atoms with Crippen molar-refractivity contribution >= 4 is 36.5 Å². The Morgan fingerprint density at radius 2 is 1.91 bits per heavy atom. The van der Waals surface area contributed by atoms with E-state index >= 15 is 0 Å². The first-order valence-electron chi connectivity index (χ1n) is 10.3. The predicted octanol–water partition coefficient (Wildman–Crippen LogP) is 2.61. The van der Waals surface area contributed by atoms with Crippen LogP contribution in [0.2, 0.25) is 0 Å². The molecule has 0 unspecified atom stereocenters. The molecule has 0 aliphatic heterocycles. The maximum absolute atomic E-state index is 12.6. The molecule has 10 heteroatoms. The topological polar surface area (TPSA) is 125 Å². The van der Waals surface area contributed by atoms with E-state index in [0.717, 1.165) is 23.4 Å². The number of nitrogens with one attached hydrogen (secondary N) is 1. The van der Waals surface area contributed by atoms with Gasteiger partial charge in [0, 0.05) is 24.7 Å². The maximum atomic E-state index is 12.6. The van der Waals surface area contributed by atoms with E-state index < -0.39 is 0 Å². The lowest BCUT2D eigenvalue weighted by Crippen LogP contribution is -2.30. The highest BCUT2D eigenvalue weighted by molar-refractivity contribution is 5.85. The molecule has 0 saturated heterocycles. The van der Waals surface area contributed by atoms with Crippen LogP contribution in [-0.2, 0) is 30.7 Å². The second-order valence-corrected chi connectivity index (χ2v) is 7.81. The van der Waals surface area contributed by atoms with Gasteiger partial charge in [0.05, 0.1) is 6.04 Å². The molecule has 172 valence electrons. The van der Waals surface area contributed by atoms with Crippen LogP contribution in [0.1, 0.15) is 41.7 Å². The van der Waals surface area contributed by atoms with E-state index in [-0.39, 0.29) is 43.3 Å². The van der Waals surface area contributed by atoms with Gasteiger partial charge in [-0.15, -0.1) is 24.8 Å². The van der Waals surface area contributed by atoms with Crippen molar-refractivity contribution in [1.82, 2.24) is 25.1 Å². The van der Waals surface area contributed by atoms with Gasteiger partial charge in [-0.1, -0.05) is 36.4 Å². The summed E-state index contributed by atoms with van der Waals surface area (Å²) in [6.07, 6.45) is 5.53. The smallest absolute Gasteiger partial charge is 0.242 e. The molecular weight excluding hydrogens is 449 g/mol. The van der Waals surface area contributed by atoms with Gasteiger partial charge in [0.2, 0.25) is 5.91 Å². The first-order valence-corrected chi connectivity index (χ1v) is 10.3. The Kier molecular flexibility index (Phi) is 9.43. The SMILES string of the molecule is Cl.Cl.Nc1ncccc1CNC(=O)Cn1nc(CC2CC2)nc1[C@H](N)Cc1ccccc1. The summed E-state index contributed by atoms with van der Waals surface area (Å²) in [4.78, 5) is 21.3. The molecule has 1 atom stereocenters. The standard InChI is InChI=1S/C22H27N7O.2ClH/c23-18(11-15-5-2-1-3-6-15)22-27-19(12-16-8-9-16)28-29(22)14-20(30)26-13-17-7-4-10-25-21(17)24;;/h1-7,10,16,18H,8-9,11-14,23H2,(H2,24,25)(H,26,30);2*1H/t18-;;/m1../s1. The summed E-state index contributed by atoms with van der Waals surface area (Å²) in [6, 6.07) is 13.3. The summed E-state index contributed by atoms with van der Waals surface area (Å²) in [6.45, 7) is 0.378. The van der Waals surface area contributed by atoms with E-state index in [0.29, 0.717) is 30.5 Å². The number of halogens is 2. The van der Waals surface area contributed by atoms with E-state index in [1.165, 1.54) is 12.8 Å². The normalized spacial score (nSPS) is 13.5. The second-order valence-electron chi connectivity index (χ2n) is 7.81. The fraction of sp³-hybridized carbons (Fsp3) is 0.364. The van der Waals surface area contributed by atoms with Crippen LogP contribution in [0, 0.1) is 5.92 Å². The van der Waals surface area contributed by atoms with Gasteiger partial charge >= 0.3 is 0 Å². The quantitative estimate of drug-likeness (QED) is 0.434. The van der Waals surface area contributed by atoms with Gasteiger partial charge in [0.1, 0.15) is 18.2 Å². The van der Waals surface area contributed by atoms with Gasteiger partial charge in [0.25, 0.3) is 0 Å². The molecule has 8 nitrogen and oxygen atoms in total. The highest BCUT2D eigenvalue weighted by Crippen LogP contribution is 2.32. The Hall–Kier alpha value is -2.68. The lowest BCUT2D eigenvalue weighted by atomic mass is 10.1. The molecule has 5 N–H and O–H groups in total. The van der Waals surface area contributed by atoms with Crippen LogP contribution in [0.25, 0.3) is 0 Å². The van der Waals surface area contributed by atoms with Gasteiger partial charge in [-0.25, -0.2) is 14.6 Å². The number of carbonyl (C=O) groups is 1.